The summed E-state index contributed by atoms with van der Waals surface area (Å²) in [5, 5.41) is 14.0. The van der Waals surface area contributed by atoms with Crippen molar-refractivity contribution in [2.75, 3.05) is 5.32 Å². The van der Waals surface area contributed by atoms with Crippen molar-refractivity contribution in [2.45, 2.75) is 19.3 Å². The fourth-order valence-corrected chi connectivity index (χ4v) is 3.52. The van der Waals surface area contributed by atoms with Gasteiger partial charge in [0.1, 0.15) is 5.75 Å². The maximum Gasteiger partial charge on any atom is 0.225 e. The first-order valence-electron chi connectivity index (χ1n) is 7.72. The van der Waals surface area contributed by atoms with Crippen LogP contribution in [-0.4, -0.2) is 15.6 Å². The minimum Gasteiger partial charge on any atom is -0.508 e. The summed E-state index contributed by atoms with van der Waals surface area (Å²) in [5.74, 6) is 0.188. The van der Waals surface area contributed by atoms with Gasteiger partial charge in [-0.2, -0.15) is 0 Å². The second kappa shape index (κ2) is 4.88. The number of fused-ring (bicyclic) bond motifs is 2. The van der Waals surface area contributed by atoms with E-state index in [2.05, 4.69) is 28.1 Å². The Kier molecular flexibility index (Phi) is 2.94. The van der Waals surface area contributed by atoms with Crippen molar-refractivity contribution in [1.82, 2.24) is 4.57 Å². The smallest absolute Gasteiger partial charge is 0.225 e. The summed E-state index contributed by atoms with van der Waals surface area (Å²) in [6.45, 7) is 1.88. The van der Waals surface area contributed by atoms with Crippen LogP contribution in [0.5, 0.6) is 5.75 Å². The van der Waals surface area contributed by atoms with Gasteiger partial charge in [-0.3, -0.25) is 4.79 Å². The number of rotatable bonds is 1. The molecule has 23 heavy (non-hydrogen) atoms. The molecule has 1 aliphatic heterocycles. The van der Waals surface area contributed by atoms with Crippen LogP contribution in [0.2, 0.25) is 0 Å². The third-order valence-electron chi connectivity index (χ3n) is 4.75. The van der Waals surface area contributed by atoms with E-state index in [1.54, 1.807) is 6.07 Å². The summed E-state index contributed by atoms with van der Waals surface area (Å²) in [7, 11) is 2.04. The highest BCUT2D eigenvalue weighted by molar-refractivity contribution is 5.96. The number of nitrogens with one attached hydrogen (secondary N) is 1. The molecule has 0 saturated heterocycles. The quantitative estimate of drug-likeness (QED) is 0.721. The number of carbonyl (C=O) groups is 1. The maximum absolute atomic E-state index is 12.1. The van der Waals surface area contributed by atoms with Gasteiger partial charge in [0.25, 0.3) is 0 Å². The predicted octanol–water partition coefficient (Wildman–Crippen LogP) is 3.67. The van der Waals surface area contributed by atoms with Crippen LogP contribution in [0.4, 0.5) is 5.69 Å². The van der Waals surface area contributed by atoms with Gasteiger partial charge in [0.05, 0.1) is 0 Å². The molecule has 0 saturated carbocycles. The molecule has 4 nitrogen and oxygen atoms in total. The number of hydrogen-bond acceptors (Lipinski definition) is 2. The standard InChI is InChI=1S/C19H18N2O2/c1-11-7-13-14(9-19(23)20-15(13)10-18(11)22)17-8-12-5-3-4-6-16(12)21(17)2/h3-8,10,14,22H,9H2,1-2H3,(H,20,23). The van der Waals surface area contributed by atoms with Gasteiger partial charge in [-0.05, 0) is 41.6 Å². The normalized spacial score (nSPS) is 17.1. The summed E-state index contributed by atoms with van der Waals surface area (Å²) in [4.78, 5) is 12.1. The monoisotopic (exact) mass is 306 g/mol. The zero-order valence-corrected chi connectivity index (χ0v) is 13.1. The molecule has 4 rings (SSSR count). The molecule has 0 aliphatic carbocycles. The molecule has 1 aromatic heterocycles. The molecule has 1 amide bonds. The number of hydrogen-bond donors (Lipinski definition) is 2. The van der Waals surface area contributed by atoms with E-state index in [1.807, 2.05) is 32.2 Å². The molecule has 2 heterocycles. The lowest BCUT2D eigenvalue weighted by Crippen LogP contribution is -2.24. The number of phenols is 1. The van der Waals surface area contributed by atoms with E-state index in [0.717, 1.165) is 22.3 Å². The zero-order valence-electron chi connectivity index (χ0n) is 13.1. The Balaban J connectivity index is 1.93. The van der Waals surface area contributed by atoms with Crippen LogP contribution in [0.25, 0.3) is 10.9 Å². The van der Waals surface area contributed by atoms with Gasteiger partial charge < -0.3 is 15.0 Å². The number of phenolic OH excluding ortho intramolecular Hbond substituents is 1. The number of aromatic nitrogens is 1. The highest BCUT2D eigenvalue weighted by Crippen LogP contribution is 2.41. The number of carbonyl (C=O) groups excluding carboxylic acids is 1. The number of aromatic hydroxyl groups is 1. The summed E-state index contributed by atoms with van der Waals surface area (Å²) >= 11 is 0. The third kappa shape index (κ3) is 2.10. The van der Waals surface area contributed by atoms with E-state index in [0.29, 0.717) is 12.1 Å². The highest BCUT2D eigenvalue weighted by atomic mass is 16.3. The Bertz CT molecular complexity index is 940. The van der Waals surface area contributed by atoms with E-state index < -0.39 is 0 Å². The Morgan fingerprint density at radius 2 is 2.00 bits per heavy atom. The topological polar surface area (TPSA) is 54.3 Å². The van der Waals surface area contributed by atoms with Crippen LogP contribution in [0.1, 0.15) is 29.2 Å². The number of nitrogens with zero attached hydrogens (tertiary/aromatic N) is 1. The first-order chi connectivity index (χ1) is 11.0. The minimum atomic E-state index is -0.0176. The van der Waals surface area contributed by atoms with Crippen molar-refractivity contribution in [3.8, 4) is 5.75 Å². The molecule has 4 heteroatoms. The Labute approximate surface area is 134 Å². The van der Waals surface area contributed by atoms with Gasteiger partial charge >= 0.3 is 0 Å². The molecule has 0 spiro atoms. The lowest BCUT2D eigenvalue weighted by atomic mass is 9.86. The van der Waals surface area contributed by atoms with Gasteiger partial charge in [-0.15, -0.1) is 0 Å². The van der Waals surface area contributed by atoms with Crippen molar-refractivity contribution in [3.05, 3.63) is 59.3 Å². The average Bonchev–Trinajstić information content (AvgIpc) is 2.86. The number of benzene rings is 2. The molecule has 116 valence electrons. The van der Waals surface area contributed by atoms with Gasteiger partial charge in [-0.25, -0.2) is 0 Å². The predicted molar refractivity (Wildman–Crippen MR) is 90.9 cm³/mol. The van der Waals surface area contributed by atoms with E-state index in [9.17, 15) is 9.90 Å². The number of amides is 1. The second-order valence-electron chi connectivity index (χ2n) is 6.22. The SMILES string of the molecule is Cc1cc2c(cc1O)NC(=O)CC2c1cc2ccccc2n1C. The van der Waals surface area contributed by atoms with E-state index in [-0.39, 0.29) is 17.6 Å². The van der Waals surface area contributed by atoms with Crippen LogP contribution in [0.15, 0.2) is 42.5 Å². The second-order valence-corrected chi connectivity index (χ2v) is 6.22. The van der Waals surface area contributed by atoms with Gasteiger partial charge in [-0.1, -0.05) is 18.2 Å². The van der Waals surface area contributed by atoms with Crippen molar-refractivity contribution in [2.24, 2.45) is 7.05 Å². The van der Waals surface area contributed by atoms with E-state index in [1.165, 1.54) is 5.39 Å². The Morgan fingerprint density at radius 3 is 2.78 bits per heavy atom. The molecular weight excluding hydrogens is 288 g/mol. The molecule has 0 radical (unpaired) electrons. The van der Waals surface area contributed by atoms with Crippen molar-refractivity contribution in [1.29, 1.82) is 0 Å². The lowest BCUT2D eigenvalue weighted by molar-refractivity contribution is -0.116. The van der Waals surface area contributed by atoms with Gasteiger partial charge in [0.2, 0.25) is 5.91 Å². The molecule has 0 fully saturated rings. The lowest BCUT2D eigenvalue weighted by Gasteiger charge is -2.27. The Morgan fingerprint density at radius 1 is 1.22 bits per heavy atom. The van der Waals surface area contributed by atoms with Crippen LogP contribution in [0.3, 0.4) is 0 Å². The molecule has 1 unspecified atom stereocenters. The zero-order chi connectivity index (χ0) is 16.1. The average molecular weight is 306 g/mol. The molecule has 1 aliphatic rings. The summed E-state index contributed by atoms with van der Waals surface area (Å²) in [6, 6.07) is 14.0. The fourth-order valence-electron chi connectivity index (χ4n) is 3.52. The minimum absolute atomic E-state index is 0.00421. The third-order valence-corrected chi connectivity index (χ3v) is 4.75. The summed E-state index contributed by atoms with van der Waals surface area (Å²) in [5.41, 5.74) is 4.87. The Hall–Kier alpha value is -2.75. The van der Waals surface area contributed by atoms with Gasteiger partial charge in [0.15, 0.2) is 0 Å². The van der Waals surface area contributed by atoms with Crippen molar-refractivity contribution < 1.29 is 9.90 Å². The van der Waals surface area contributed by atoms with E-state index in [4.69, 9.17) is 0 Å². The van der Waals surface area contributed by atoms with Crippen LogP contribution in [0, 0.1) is 6.92 Å². The number of para-hydroxylation sites is 1. The van der Waals surface area contributed by atoms with Crippen LogP contribution in [-0.2, 0) is 11.8 Å². The largest absolute Gasteiger partial charge is 0.508 e. The fraction of sp³-hybridized carbons (Fsp3) is 0.211. The molecule has 0 bridgehead atoms. The van der Waals surface area contributed by atoms with Crippen LogP contribution >= 0.6 is 0 Å². The molecule has 2 aromatic carbocycles. The first-order valence-corrected chi connectivity index (χ1v) is 7.72. The maximum atomic E-state index is 12.1. The van der Waals surface area contributed by atoms with E-state index >= 15 is 0 Å². The molecule has 3 aromatic rings. The number of anilines is 1. The molecule has 2 N–H and O–H groups in total. The van der Waals surface area contributed by atoms with Crippen molar-refractivity contribution >= 4 is 22.5 Å². The van der Waals surface area contributed by atoms with Gasteiger partial charge in [0, 0.05) is 42.4 Å². The summed E-state index contributed by atoms with van der Waals surface area (Å²) < 4.78 is 2.16. The van der Waals surface area contributed by atoms with Crippen molar-refractivity contribution in [3.63, 3.8) is 0 Å². The summed E-state index contributed by atoms with van der Waals surface area (Å²) in [6.07, 6.45) is 0.418. The highest BCUT2D eigenvalue weighted by Gasteiger charge is 2.29. The first kappa shape index (κ1) is 13.9. The molecule has 1 atom stereocenters. The number of aryl methyl sites for hydroxylation is 2. The molecular formula is C19H18N2O2. The van der Waals surface area contributed by atoms with Crippen LogP contribution < -0.4 is 5.32 Å².